The third-order valence-electron chi connectivity index (χ3n) is 4.95. The van der Waals surface area contributed by atoms with Crippen LogP contribution in [0.5, 0.6) is 0 Å². The number of aryl methyl sites for hydroxylation is 1. The molecule has 28 heavy (non-hydrogen) atoms. The van der Waals surface area contributed by atoms with Crippen molar-refractivity contribution in [1.29, 1.82) is 0 Å². The van der Waals surface area contributed by atoms with E-state index >= 15 is 0 Å². The monoisotopic (exact) mass is 422 g/mol. The standard InChI is InChI=1S/C20H27N3O3S2/c1-16-8-9-18(28(25,26)23-10-4-3-5-11-23)13-19(16)21-20(24)15-22(2)14-17-7-6-12-27-17/h6-9,12-13H,3-5,10-11,14-15H2,1-2H3,(H,21,24)/p+1. The van der Waals surface area contributed by atoms with E-state index in [1.807, 2.05) is 25.4 Å². The number of hydrogen-bond donors (Lipinski definition) is 2. The third-order valence-corrected chi connectivity index (χ3v) is 7.73. The Bertz CT molecular complexity index is 905. The van der Waals surface area contributed by atoms with Crippen molar-refractivity contribution in [3.05, 3.63) is 46.2 Å². The zero-order chi connectivity index (χ0) is 20.1. The average molecular weight is 423 g/mol. The minimum atomic E-state index is -3.52. The fourth-order valence-electron chi connectivity index (χ4n) is 3.39. The van der Waals surface area contributed by atoms with Crippen LogP contribution in [-0.4, -0.2) is 45.3 Å². The Hall–Kier alpha value is -1.74. The van der Waals surface area contributed by atoms with Crippen molar-refractivity contribution in [1.82, 2.24) is 4.31 Å². The number of quaternary nitrogens is 1. The van der Waals surface area contributed by atoms with E-state index in [4.69, 9.17) is 0 Å². The maximum absolute atomic E-state index is 12.9. The molecule has 0 bridgehead atoms. The predicted octanol–water partition coefficient (Wildman–Crippen LogP) is 1.88. The Morgan fingerprint density at radius 2 is 1.96 bits per heavy atom. The van der Waals surface area contributed by atoms with Gasteiger partial charge in [-0.05, 0) is 48.9 Å². The number of nitrogens with zero attached hydrogens (tertiary/aromatic N) is 1. The Kier molecular flexibility index (Phi) is 6.87. The first-order chi connectivity index (χ1) is 13.4. The normalized spacial score (nSPS) is 16.6. The van der Waals surface area contributed by atoms with Crippen LogP contribution in [0.1, 0.15) is 29.7 Å². The lowest BCUT2D eigenvalue weighted by atomic mass is 10.2. The summed E-state index contributed by atoms with van der Waals surface area (Å²) in [5, 5.41) is 4.92. The first-order valence-electron chi connectivity index (χ1n) is 9.60. The average Bonchev–Trinajstić information content (AvgIpc) is 3.16. The van der Waals surface area contributed by atoms with Crippen LogP contribution in [-0.2, 0) is 21.4 Å². The molecule has 1 aliphatic heterocycles. The molecule has 1 fully saturated rings. The number of likely N-dealkylation sites (N-methyl/N-ethyl adjacent to an activating group) is 1. The summed E-state index contributed by atoms with van der Waals surface area (Å²) in [5.41, 5.74) is 1.41. The molecule has 0 radical (unpaired) electrons. The lowest BCUT2D eigenvalue weighted by Gasteiger charge is -2.26. The topological polar surface area (TPSA) is 70.9 Å². The van der Waals surface area contributed by atoms with E-state index in [1.165, 1.54) is 4.88 Å². The highest BCUT2D eigenvalue weighted by Crippen LogP contribution is 2.25. The number of piperidine rings is 1. The second kappa shape index (κ2) is 9.17. The van der Waals surface area contributed by atoms with E-state index in [1.54, 1.807) is 33.8 Å². The predicted molar refractivity (Wildman–Crippen MR) is 112 cm³/mol. The highest BCUT2D eigenvalue weighted by atomic mass is 32.2. The summed E-state index contributed by atoms with van der Waals surface area (Å²) in [6.45, 7) is 4.10. The van der Waals surface area contributed by atoms with Crippen LogP contribution in [0.4, 0.5) is 5.69 Å². The molecular formula is C20H28N3O3S2+. The number of hydrogen-bond acceptors (Lipinski definition) is 4. The third kappa shape index (κ3) is 5.20. The Morgan fingerprint density at radius 1 is 1.21 bits per heavy atom. The van der Waals surface area contributed by atoms with Gasteiger partial charge in [0.1, 0.15) is 6.54 Å². The molecule has 3 rings (SSSR count). The highest BCUT2D eigenvalue weighted by Gasteiger charge is 2.26. The molecule has 8 heteroatoms. The summed E-state index contributed by atoms with van der Waals surface area (Å²) in [5.74, 6) is -0.121. The molecule has 6 nitrogen and oxygen atoms in total. The molecule has 0 spiro atoms. The van der Waals surface area contributed by atoms with E-state index in [0.717, 1.165) is 36.3 Å². The van der Waals surface area contributed by atoms with Crippen molar-refractivity contribution in [3.63, 3.8) is 0 Å². The van der Waals surface area contributed by atoms with Gasteiger partial charge in [-0.15, -0.1) is 11.3 Å². The molecule has 1 aliphatic rings. The van der Waals surface area contributed by atoms with Gasteiger partial charge in [-0.2, -0.15) is 4.31 Å². The number of carbonyl (C=O) groups is 1. The quantitative estimate of drug-likeness (QED) is 0.716. The summed E-state index contributed by atoms with van der Waals surface area (Å²) in [6.07, 6.45) is 2.87. The van der Waals surface area contributed by atoms with Crippen molar-refractivity contribution in [2.75, 3.05) is 32.0 Å². The van der Waals surface area contributed by atoms with Crippen molar-refractivity contribution < 1.29 is 18.1 Å². The maximum Gasteiger partial charge on any atom is 0.279 e. The summed E-state index contributed by atoms with van der Waals surface area (Å²) in [6, 6.07) is 9.04. The minimum absolute atomic E-state index is 0.121. The summed E-state index contributed by atoms with van der Waals surface area (Å²) in [7, 11) is -1.54. The van der Waals surface area contributed by atoms with Crippen molar-refractivity contribution in [2.24, 2.45) is 0 Å². The smallest absolute Gasteiger partial charge is 0.279 e. The first-order valence-corrected chi connectivity index (χ1v) is 11.9. The van der Waals surface area contributed by atoms with Crippen LogP contribution in [0.25, 0.3) is 0 Å². The number of thiophene rings is 1. The molecule has 152 valence electrons. The number of carbonyl (C=O) groups excluding carboxylic acids is 1. The van der Waals surface area contributed by atoms with Gasteiger partial charge in [0.05, 0.1) is 16.8 Å². The molecule has 2 heterocycles. The van der Waals surface area contributed by atoms with Gasteiger partial charge in [0.25, 0.3) is 5.91 Å². The zero-order valence-corrected chi connectivity index (χ0v) is 18.0. The van der Waals surface area contributed by atoms with E-state index in [2.05, 4.69) is 11.4 Å². The van der Waals surface area contributed by atoms with Gasteiger partial charge >= 0.3 is 0 Å². The number of nitrogens with one attached hydrogen (secondary N) is 2. The molecule has 1 unspecified atom stereocenters. The van der Waals surface area contributed by atoms with Crippen LogP contribution >= 0.6 is 11.3 Å². The molecule has 2 aromatic rings. The number of amides is 1. The first kappa shape index (κ1) is 21.0. The van der Waals surface area contributed by atoms with Crippen LogP contribution in [0, 0.1) is 6.92 Å². The molecule has 1 aromatic heterocycles. The van der Waals surface area contributed by atoms with Crippen molar-refractivity contribution in [2.45, 2.75) is 37.6 Å². The van der Waals surface area contributed by atoms with E-state index in [9.17, 15) is 13.2 Å². The van der Waals surface area contributed by atoms with Gasteiger partial charge in [0.15, 0.2) is 6.54 Å². The van der Waals surface area contributed by atoms with Crippen LogP contribution in [0.3, 0.4) is 0 Å². The van der Waals surface area contributed by atoms with Crippen molar-refractivity contribution >= 4 is 33.0 Å². The summed E-state index contributed by atoms with van der Waals surface area (Å²) < 4.78 is 27.4. The van der Waals surface area contributed by atoms with E-state index in [-0.39, 0.29) is 10.8 Å². The minimum Gasteiger partial charge on any atom is -0.325 e. The van der Waals surface area contributed by atoms with Gasteiger partial charge in [-0.25, -0.2) is 8.42 Å². The van der Waals surface area contributed by atoms with Crippen LogP contribution in [0.2, 0.25) is 0 Å². The fraction of sp³-hybridized carbons (Fsp3) is 0.450. The number of rotatable bonds is 7. The Balaban J connectivity index is 1.68. The van der Waals surface area contributed by atoms with E-state index < -0.39 is 10.0 Å². The van der Waals surface area contributed by atoms with Gasteiger partial charge < -0.3 is 10.2 Å². The van der Waals surface area contributed by atoms with Gasteiger partial charge in [-0.3, -0.25) is 4.79 Å². The second-order valence-electron chi connectivity index (χ2n) is 7.38. The van der Waals surface area contributed by atoms with Gasteiger partial charge in [0, 0.05) is 18.8 Å². The lowest BCUT2D eigenvalue weighted by Crippen LogP contribution is -3.08. The molecule has 0 aliphatic carbocycles. The molecule has 1 amide bonds. The number of anilines is 1. The van der Waals surface area contributed by atoms with Gasteiger partial charge in [-0.1, -0.05) is 18.6 Å². The van der Waals surface area contributed by atoms with Crippen LogP contribution < -0.4 is 10.2 Å². The molecule has 1 atom stereocenters. The number of benzene rings is 1. The zero-order valence-electron chi connectivity index (χ0n) is 16.4. The highest BCUT2D eigenvalue weighted by molar-refractivity contribution is 7.89. The molecular weight excluding hydrogens is 394 g/mol. The molecule has 1 saturated heterocycles. The summed E-state index contributed by atoms with van der Waals surface area (Å²) in [4.78, 5) is 15.0. The van der Waals surface area contributed by atoms with E-state index in [0.29, 0.717) is 25.3 Å². The van der Waals surface area contributed by atoms with Gasteiger partial charge in [0.2, 0.25) is 10.0 Å². The lowest BCUT2D eigenvalue weighted by molar-refractivity contribution is -0.884. The second-order valence-corrected chi connectivity index (χ2v) is 10.3. The van der Waals surface area contributed by atoms with Crippen LogP contribution in [0.15, 0.2) is 40.6 Å². The Morgan fingerprint density at radius 3 is 2.64 bits per heavy atom. The number of sulfonamides is 1. The SMILES string of the molecule is Cc1ccc(S(=O)(=O)N2CCCCC2)cc1NC(=O)C[NH+](C)Cc1cccs1. The summed E-state index contributed by atoms with van der Waals surface area (Å²) >= 11 is 1.68. The Labute approximate surface area is 171 Å². The largest absolute Gasteiger partial charge is 0.325 e. The maximum atomic E-state index is 12.9. The van der Waals surface area contributed by atoms with Crippen molar-refractivity contribution in [3.8, 4) is 0 Å². The molecule has 0 saturated carbocycles. The fourth-order valence-corrected chi connectivity index (χ4v) is 5.75. The molecule has 1 aromatic carbocycles. The molecule has 2 N–H and O–H groups in total.